The van der Waals surface area contributed by atoms with E-state index in [1.54, 1.807) is 11.3 Å². The van der Waals surface area contributed by atoms with Gasteiger partial charge in [0.15, 0.2) is 0 Å². The average molecular weight is 333 g/mol. The maximum absolute atomic E-state index is 5.57. The Morgan fingerprint density at radius 1 is 1.50 bits per heavy atom. The van der Waals surface area contributed by atoms with E-state index in [0.29, 0.717) is 12.0 Å². The topological polar surface area (TPSA) is 33.3 Å². The molecule has 0 radical (unpaired) electrons. The molecule has 5 heteroatoms. The summed E-state index contributed by atoms with van der Waals surface area (Å²) >= 11 is 5.35. The van der Waals surface area contributed by atoms with Gasteiger partial charge in [-0.25, -0.2) is 0 Å². The van der Waals surface area contributed by atoms with Crippen molar-refractivity contribution in [3.05, 3.63) is 20.8 Å². The highest BCUT2D eigenvalue weighted by Crippen LogP contribution is 2.22. The third kappa shape index (κ3) is 4.03. The molecule has 2 heterocycles. The molecule has 0 saturated carbocycles. The van der Waals surface area contributed by atoms with Crippen molar-refractivity contribution in [3.63, 3.8) is 0 Å². The van der Waals surface area contributed by atoms with Crippen molar-refractivity contribution >= 4 is 27.3 Å². The maximum atomic E-state index is 5.57. The van der Waals surface area contributed by atoms with E-state index in [4.69, 9.17) is 4.74 Å². The van der Waals surface area contributed by atoms with Crippen molar-refractivity contribution in [2.75, 3.05) is 26.3 Å². The Kier molecular flexibility index (Phi) is 6.11. The summed E-state index contributed by atoms with van der Waals surface area (Å²) in [5.74, 6) is 0.593. The zero-order valence-electron chi connectivity index (χ0n) is 10.7. The number of halogens is 1. The largest absolute Gasteiger partial charge is 0.379 e. The van der Waals surface area contributed by atoms with Crippen molar-refractivity contribution in [1.29, 1.82) is 0 Å². The zero-order chi connectivity index (χ0) is 12.8. The molecule has 0 spiro atoms. The Bertz CT molecular complexity index is 359. The first-order valence-corrected chi connectivity index (χ1v) is 8.22. The van der Waals surface area contributed by atoms with Gasteiger partial charge in [-0.1, -0.05) is 6.92 Å². The van der Waals surface area contributed by atoms with E-state index in [2.05, 4.69) is 44.9 Å². The molecule has 1 fully saturated rings. The summed E-state index contributed by atoms with van der Waals surface area (Å²) < 4.78 is 6.78. The number of nitrogens with one attached hydrogen (secondary N) is 2. The molecule has 2 N–H and O–H groups in total. The van der Waals surface area contributed by atoms with Gasteiger partial charge in [0.05, 0.1) is 13.2 Å². The first-order chi connectivity index (χ1) is 8.81. The van der Waals surface area contributed by atoms with Crippen LogP contribution in [0.3, 0.4) is 0 Å². The fraction of sp³-hybridized carbons (Fsp3) is 0.692. The lowest BCUT2D eigenvalue weighted by Gasteiger charge is -2.19. The van der Waals surface area contributed by atoms with Gasteiger partial charge in [-0.05, 0) is 40.3 Å². The fourth-order valence-corrected chi connectivity index (χ4v) is 3.64. The van der Waals surface area contributed by atoms with Gasteiger partial charge in [-0.3, -0.25) is 0 Å². The fourth-order valence-electron chi connectivity index (χ4n) is 2.18. The predicted molar refractivity (Wildman–Crippen MR) is 80.1 cm³/mol. The second kappa shape index (κ2) is 7.60. The Balaban J connectivity index is 1.71. The zero-order valence-corrected chi connectivity index (χ0v) is 13.1. The predicted octanol–water partition coefficient (Wildman–Crippen LogP) is 2.61. The highest BCUT2D eigenvalue weighted by atomic mass is 79.9. The molecule has 1 aromatic heterocycles. The highest BCUT2D eigenvalue weighted by Gasteiger charge is 2.26. The van der Waals surface area contributed by atoms with Gasteiger partial charge in [0, 0.05) is 34.4 Å². The molecule has 102 valence electrons. The molecule has 1 aliphatic heterocycles. The SMILES string of the molecule is CCCNC1COCC1CNCc1sccc1Br. The molecule has 2 unspecified atom stereocenters. The molecule has 2 rings (SSSR count). The molecule has 1 aromatic rings. The van der Waals surface area contributed by atoms with Gasteiger partial charge in [0.25, 0.3) is 0 Å². The number of ether oxygens (including phenoxy) is 1. The monoisotopic (exact) mass is 332 g/mol. The van der Waals surface area contributed by atoms with E-state index in [1.807, 2.05) is 0 Å². The molecule has 3 nitrogen and oxygen atoms in total. The van der Waals surface area contributed by atoms with Gasteiger partial charge >= 0.3 is 0 Å². The van der Waals surface area contributed by atoms with Gasteiger partial charge in [-0.15, -0.1) is 11.3 Å². The molecule has 0 aromatic carbocycles. The third-order valence-corrected chi connectivity index (χ3v) is 5.16. The molecule has 18 heavy (non-hydrogen) atoms. The second-order valence-corrected chi connectivity index (χ2v) is 6.54. The summed E-state index contributed by atoms with van der Waals surface area (Å²) in [6.07, 6.45) is 1.18. The van der Waals surface area contributed by atoms with Crippen LogP contribution in [0.1, 0.15) is 18.2 Å². The quantitative estimate of drug-likeness (QED) is 0.805. The lowest BCUT2D eigenvalue weighted by Crippen LogP contribution is -2.40. The van der Waals surface area contributed by atoms with Crippen LogP contribution in [0.4, 0.5) is 0 Å². The summed E-state index contributed by atoms with van der Waals surface area (Å²) in [7, 11) is 0. The molecule has 1 saturated heterocycles. The normalized spacial score (nSPS) is 23.7. The molecular formula is C13H21BrN2OS. The van der Waals surface area contributed by atoms with Gasteiger partial charge in [0.1, 0.15) is 0 Å². The molecule has 2 atom stereocenters. The van der Waals surface area contributed by atoms with Crippen molar-refractivity contribution in [2.24, 2.45) is 5.92 Å². The van der Waals surface area contributed by atoms with E-state index in [1.165, 1.54) is 15.8 Å². The number of thiophene rings is 1. The third-order valence-electron chi connectivity index (χ3n) is 3.24. The van der Waals surface area contributed by atoms with Gasteiger partial charge in [-0.2, -0.15) is 0 Å². The second-order valence-electron chi connectivity index (χ2n) is 4.68. The smallest absolute Gasteiger partial charge is 0.0623 e. The standard InChI is InChI=1S/C13H21BrN2OS/c1-2-4-16-12-9-17-8-10(12)6-15-7-13-11(14)3-5-18-13/h3,5,10,12,15-16H,2,4,6-9H2,1H3. The van der Waals surface area contributed by atoms with E-state index < -0.39 is 0 Å². The lowest BCUT2D eigenvalue weighted by atomic mass is 10.0. The first-order valence-electron chi connectivity index (χ1n) is 6.55. The van der Waals surface area contributed by atoms with E-state index in [9.17, 15) is 0 Å². The molecular weight excluding hydrogens is 312 g/mol. The Hall–Kier alpha value is 0.0600. The lowest BCUT2D eigenvalue weighted by molar-refractivity contribution is 0.182. The molecule has 0 amide bonds. The minimum atomic E-state index is 0.518. The van der Waals surface area contributed by atoms with Crippen LogP contribution in [0.2, 0.25) is 0 Å². The van der Waals surface area contributed by atoms with Crippen LogP contribution in [0.25, 0.3) is 0 Å². The Morgan fingerprint density at radius 2 is 2.39 bits per heavy atom. The van der Waals surface area contributed by atoms with Gasteiger partial charge in [0.2, 0.25) is 0 Å². The summed E-state index contributed by atoms with van der Waals surface area (Å²) in [5, 5.41) is 9.22. The van der Waals surface area contributed by atoms with Crippen LogP contribution in [-0.4, -0.2) is 32.3 Å². The van der Waals surface area contributed by atoms with E-state index in [-0.39, 0.29) is 0 Å². The number of rotatable bonds is 7. The van der Waals surface area contributed by atoms with Crippen LogP contribution >= 0.6 is 27.3 Å². The van der Waals surface area contributed by atoms with Crippen molar-refractivity contribution in [1.82, 2.24) is 10.6 Å². The summed E-state index contributed by atoms with van der Waals surface area (Å²) in [6, 6.07) is 2.62. The van der Waals surface area contributed by atoms with Crippen molar-refractivity contribution < 1.29 is 4.74 Å². The highest BCUT2D eigenvalue weighted by molar-refractivity contribution is 9.10. The van der Waals surface area contributed by atoms with Crippen LogP contribution in [0.5, 0.6) is 0 Å². The minimum absolute atomic E-state index is 0.518. The Morgan fingerprint density at radius 3 is 3.11 bits per heavy atom. The molecule has 0 aliphatic carbocycles. The van der Waals surface area contributed by atoms with Crippen LogP contribution in [0.15, 0.2) is 15.9 Å². The van der Waals surface area contributed by atoms with E-state index >= 15 is 0 Å². The van der Waals surface area contributed by atoms with E-state index in [0.717, 1.165) is 32.8 Å². The maximum Gasteiger partial charge on any atom is 0.0623 e. The number of hydrogen-bond donors (Lipinski definition) is 2. The summed E-state index contributed by atoms with van der Waals surface area (Å²) in [4.78, 5) is 1.37. The van der Waals surface area contributed by atoms with Crippen molar-refractivity contribution in [3.8, 4) is 0 Å². The van der Waals surface area contributed by atoms with Crippen LogP contribution < -0.4 is 10.6 Å². The van der Waals surface area contributed by atoms with Crippen LogP contribution in [0, 0.1) is 5.92 Å². The molecule has 0 bridgehead atoms. The average Bonchev–Trinajstić information content (AvgIpc) is 2.97. The molecule has 1 aliphatic rings. The number of hydrogen-bond acceptors (Lipinski definition) is 4. The van der Waals surface area contributed by atoms with Gasteiger partial charge < -0.3 is 15.4 Å². The van der Waals surface area contributed by atoms with Crippen LogP contribution in [-0.2, 0) is 11.3 Å². The summed E-state index contributed by atoms with van der Waals surface area (Å²) in [5.41, 5.74) is 0. The van der Waals surface area contributed by atoms with Crippen molar-refractivity contribution in [2.45, 2.75) is 25.9 Å². The minimum Gasteiger partial charge on any atom is -0.379 e. The first kappa shape index (κ1) is 14.5. The Labute approximate surface area is 121 Å². The summed E-state index contributed by atoms with van der Waals surface area (Å²) in [6.45, 7) is 6.97.